The number of oxazole rings is 1. The summed E-state index contributed by atoms with van der Waals surface area (Å²) in [5.41, 5.74) is 2.63. The van der Waals surface area contributed by atoms with Crippen LogP contribution < -0.4 is 0 Å². The minimum absolute atomic E-state index is 0.432. The number of aliphatic imine (C=N–C) groups is 1. The van der Waals surface area contributed by atoms with Crippen LogP contribution in [0, 0.1) is 0 Å². The van der Waals surface area contributed by atoms with Gasteiger partial charge in [-0.1, -0.05) is 0 Å². The maximum Gasteiger partial charge on any atom is 0.247 e. The van der Waals surface area contributed by atoms with E-state index in [4.69, 9.17) is 4.42 Å². The molecule has 0 bridgehead atoms. The molecule has 0 radical (unpaired) electrons. The number of fused-ring (bicyclic) bond motifs is 1. The molecule has 0 N–H and O–H groups in total. The van der Waals surface area contributed by atoms with Gasteiger partial charge in [-0.3, -0.25) is 4.98 Å². The molecule has 18 heavy (non-hydrogen) atoms. The van der Waals surface area contributed by atoms with Crippen molar-refractivity contribution in [2.45, 2.75) is 0 Å². The number of nitrogens with zero attached hydrogens (tertiary/aromatic N) is 4. The van der Waals surface area contributed by atoms with E-state index in [9.17, 15) is 0 Å². The monoisotopic (exact) mass is 254 g/mol. The van der Waals surface area contributed by atoms with E-state index in [-0.39, 0.29) is 0 Å². The number of benzene rings is 1. The molecule has 0 saturated heterocycles. The average molecular weight is 254 g/mol. The van der Waals surface area contributed by atoms with Gasteiger partial charge in [0.2, 0.25) is 5.89 Å². The lowest BCUT2D eigenvalue weighted by atomic mass is 10.3. The average Bonchev–Trinajstić information content (AvgIpc) is 2.83. The highest BCUT2D eigenvalue weighted by molar-refractivity contribution is 7.78. The van der Waals surface area contributed by atoms with E-state index in [0.29, 0.717) is 22.9 Å². The van der Waals surface area contributed by atoms with Crippen molar-refractivity contribution >= 4 is 34.2 Å². The van der Waals surface area contributed by atoms with Crippen molar-refractivity contribution in [1.82, 2.24) is 15.0 Å². The molecule has 86 valence electrons. The summed E-state index contributed by atoms with van der Waals surface area (Å²) >= 11 is 4.56. The number of thiocarbonyl (C=S) groups is 1. The summed E-state index contributed by atoms with van der Waals surface area (Å²) in [6, 6.07) is 5.36. The number of hydrogen-bond donors (Lipinski definition) is 0. The highest BCUT2D eigenvalue weighted by Crippen LogP contribution is 2.25. The first kappa shape index (κ1) is 10.7. The Kier molecular flexibility index (Phi) is 2.64. The Labute approximate surface area is 107 Å². The predicted octanol–water partition coefficient (Wildman–Crippen LogP) is 3.02. The summed E-state index contributed by atoms with van der Waals surface area (Å²) in [5.74, 6) is 0.432. The predicted molar refractivity (Wildman–Crippen MR) is 69.7 cm³/mol. The molecular weight excluding hydrogens is 248 g/mol. The Morgan fingerprint density at radius 3 is 3.00 bits per heavy atom. The van der Waals surface area contributed by atoms with Crippen molar-refractivity contribution in [2.75, 3.05) is 0 Å². The van der Waals surface area contributed by atoms with Crippen LogP contribution in [0.4, 0.5) is 5.69 Å². The van der Waals surface area contributed by atoms with Crippen molar-refractivity contribution < 1.29 is 4.42 Å². The van der Waals surface area contributed by atoms with Crippen molar-refractivity contribution in [3.63, 3.8) is 0 Å². The largest absolute Gasteiger partial charge is 0.435 e. The Balaban J connectivity index is 2.14. The van der Waals surface area contributed by atoms with Crippen LogP contribution in [0.15, 0.2) is 46.2 Å². The van der Waals surface area contributed by atoms with E-state index < -0.39 is 0 Å². The second kappa shape index (κ2) is 4.44. The van der Waals surface area contributed by atoms with Gasteiger partial charge in [0.1, 0.15) is 11.2 Å². The van der Waals surface area contributed by atoms with E-state index in [2.05, 4.69) is 37.3 Å². The first-order valence-corrected chi connectivity index (χ1v) is 5.52. The highest BCUT2D eigenvalue weighted by Gasteiger charge is 2.09. The molecule has 3 aromatic rings. The smallest absolute Gasteiger partial charge is 0.247 e. The molecule has 0 spiro atoms. The van der Waals surface area contributed by atoms with E-state index in [1.165, 1.54) is 0 Å². The quantitative estimate of drug-likeness (QED) is 0.519. The zero-order chi connectivity index (χ0) is 12.4. The van der Waals surface area contributed by atoms with E-state index >= 15 is 0 Å². The van der Waals surface area contributed by atoms with Gasteiger partial charge in [0.05, 0.1) is 17.0 Å². The zero-order valence-corrected chi connectivity index (χ0v) is 9.89. The molecule has 0 atom stereocenters. The molecule has 0 saturated carbocycles. The first-order chi connectivity index (χ1) is 8.86. The van der Waals surface area contributed by atoms with Crippen LogP contribution in [0.2, 0.25) is 0 Å². The number of hydrogen-bond acceptors (Lipinski definition) is 6. The van der Waals surface area contributed by atoms with Gasteiger partial charge in [-0.05, 0) is 24.4 Å². The Hall–Kier alpha value is -2.43. The van der Waals surface area contributed by atoms with Gasteiger partial charge in [-0.25, -0.2) is 9.97 Å². The van der Waals surface area contributed by atoms with Crippen LogP contribution >= 0.6 is 12.2 Å². The zero-order valence-electron chi connectivity index (χ0n) is 9.07. The van der Waals surface area contributed by atoms with Crippen LogP contribution in [0.25, 0.3) is 22.7 Å². The fourth-order valence-corrected chi connectivity index (χ4v) is 1.66. The number of rotatable bonds is 2. The fourth-order valence-electron chi connectivity index (χ4n) is 1.55. The molecule has 3 rings (SSSR count). The molecule has 5 nitrogen and oxygen atoms in total. The lowest BCUT2D eigenvalue weighted by Crippen LogP contribution is -1.82. The van der Waals surface area contributed by atoms with Gasteiger partial charge in [-0.2, -0.15) is 4.99 Å². The van der Waals surface area contributed by atoms with Crippen LogP contribution in [0.3, 0.4) is 0 Å². The molecule has 2 heterocycles. The molecule has 0 aliphatic rings. The van der Waals surface area contributed by atoms with Crippen LogP contribution in [-0.4, -0.2) is 20.1 Å². The second-order valence-corrected chi connectivity index (χ2v) is 3.65. The SMILES string of the molecule is S=C=Nc1ccc2nc(-c3cnccn3)oc2c1. The molecular formula is C12H6N4OS. The number of aromatic nitrogens is 3. The maximum absolute atomic E-state index is 5.61. The first-order valence-electron chi connectivity index (χ1n) is 5.12. The van der Waals surface area contributed by atoms with Crippen LogP contribution in [-0.2, 0) is 0 Å². The Morgan fingerprint density at radius 2 is 2.22 bits per heavy atom. The van der Waals surface area contributed by atoms with Crippen molar-refractivity contribution in [1.29, 1.82) is 0 Å². The van der Waals surface area contributed by atoms with Gasteiger partial charge in [-0.15, -0.1) is 0 Å². The third-order valence-electron chi connectivity index (χ3n) is 2.33. The molecule has 0 unspecified atom stereocenters. The summed E-state index contributed by atoms with van der Waals surface area (Å²) in [5, 5.41) is 2.31. The normalized spacial score (nSPS) is 10.2. The lowest BCUT2D eigenvalue weighted by molar-refractivity contribution is 0.616. The molecule has 6 heteroatoms. The Bertz CT molecular complexity index is 747. The van der Waals surface area contributed by atoms with Crippen LogP contribution in [0.5, 0.6) is 0 Å². The third-order valence-corrected chi connectivity index (χ3v) is 2.42. The van der Waals surface area contributed by atoms with Crippen molar-refractivity contribution in [3.05, 3.63) is 36.8 Å². The van der Waals surface area contributed by atoms with Crippen LogP contribution in [0.1, 0.15) is 0 Å². The van der Waals surface area contributed by atoms with E-state index in [0.717, 1.165) is 5.52 Å². The third kappa shape index (κ3) is 1.90. The van der Waals surface area contributed by atoms with Gasteiger partial charge < -0.3 is 4.42 Å². The molecule has 0 amide bonds. The summed E-state index contributed by atoms with van der Waals surface area (Å²) < 4.78 is 5.61. The van der Waals surface area contributed by atoms with Gasteiger partial charge >= 0.3 is 0 Å². The molecule has 2 aromatic heterocycles. The Morgan fingerprint density at radius 1 is 1.28 bits per heavy atom. The van der Waals surface area contributed by atoms with Gasteiger partial charge in [0, 0.05) is 18.5 Å². The summed E-state index contributed by atoms with van der Waals surface area (Å²) in [7, 11) is 0. The molecule has 0 aliphatic carbocycles. The van der Waals surface area contributed by atoms with Crippen molar-refractivity contribution in [3.8, 4) is 11.6 Å². The lowest BCUT2D eigenvalue weighted by Gasteiger charge is -1.90. The number of isothiocyanates is 1. The standard InChI is InChI=1S/C12H6N4OS/c18-7-15-8-1-2-9-11(5-8)17-12(16-9)10-6-13-3-4-14-10/h1-6H. The van der Waals surface area contributed by atoms with Gasteiger partial charge in [0.15, 0.2) is 5.58 Å². The van der Waals surface area contributed by atoms with Gasteiger partial charge in [0.25, 0.3) is 0 Å². The maximum atomic E-state index is 5.61. The molecule has 1 aromatic carbocycles. The van der Waals surface area contributed by atoms with E-state index in [1.807, 2.05) is 6.07 Å². The molecule has 0 aliphatic heterocycles. The second-order valence-electron chi connectivity index (χ2n) is 3.46. The fraction of sp³-hybridized carbons (Fsp3) is 0. The molecule has 0 fully saturated rings. The minimum atomic E-state index is 0.432. The summed E-state index contributed by atoms with van der Waals surface area (Å²) in [6.45, 7) is 0. The van der Waals surface area contributed by atoms with E-state index in [1.54, 1.807) is 30.7 Å². The highest BCUT2D eigenvalue weighted by atomic mass is 32.1. The van der Waals surface area contributed by atoms with Crippen molar-refractivity contribution in [2.24, 2.45) is 4.99 Å². The summed E-state index contributed by atoms with van der Waals surface area (Å²) in [4.78, 5) is 16.3. The topological polar surface area (TPSA) is 64.2 Å². The summed E-state index contributed by atoms with van der Waals surface area (Å²) in [6.07, 6.45) is 4.78. The minimum Gasteiger partial charge on any atom is -0.435 e.